The van der Waals surface area contributed by atoms with Gasteiger partial charge in [0, 0.05) is 25.5 Å². The summed E-state index contributed by atoms with van der Waals surface area (Å²) in [5, 5.41) is 3.16. The highest BCUT2D eigenvalue weighted by molar-refractivity contribution is 5.21. The number of nitrogens with zero attached hydrogens (tertiary/aromatic N) is 3. The Labute approximate surface area is 83.1 Å². The van der Waals surface area contributed by atoms with Gasteiger partial charge in [-0.15, -0.1) is 0 Å². The fourth-order valence-corrected chi connectivity index (χ4v) is 1.33. The van der Waals surface area contributed by atoms with Crippen LogP contribution in [-0.4, -0.2) is 47.8 Å². The van der Waals surface area contributed by atoms with Crippen LogP contribution in [0.5, 0.6) is 0 Å². The number of hydrogen-bond acceptors (Lipinski definition) is 5. The fraction of sp³-hybridized carbons (Fsp3) is 0.556. The van der Waals surface area contributed by atoms with Crippen LogP contribution in [-0.2, 0) is 4.74 Å². The molecule has 1 N–H and O–H groups in total. The van der Waals surface area contributed by atoms with Crippen LogP contribution >= 0.6 is 0 Å². The third kappa shape index (κ3) is 2.65. The summed E-state index contributed by atoms with van der Waals surface area (Å²) in [6, 6.07) is 1.81. The normalized spacial score (nSPS) is 18.0. The van der Waals surface area contributed by atoms with Gasteiger partial charge in [-0.2, -0.15) is 0 Å². The van der Waals surface area contributed by atoms with Crippen molar-refractivity contribution in [3.8, 4) is 0 Å². The Morgan fingerprint density at radius 3 is 2.71 bits per heavy atom. The molecule has 0 bridgehead atoms. The van der Waals surface area contributed by atoms with E-state index in [4.69, 9.17) is 4.74 Å². The van der Waals surface area contributed by atoms with Crippen molar-refractivity contribution < 1.29 is 4.74 Å². The monoisotopic (exact) mass is 194 g/mol. The highest BCUT2D eigenvalue weighted by Crippen LogP contribution is 1.98. The highest BCUT2D eigenvalue weighted by Gasteiger charge is 2.09. The molecule has 2 rings (SSSR count). The first-order valence-corrected chi connectivity index (χ1v) is 4.76. The van der Waals surface area contributed by atoms with Gasteiger partial charge in [-0.25, -0.2) is 9.97 Å². The molecule has 0 atom stereocenters. The molecule has 2 heterocycles. The summed E-state index contributed by atoms with van der Waals surface area (Å²) in [7, 11) is 0. The van der Waals surface area contributed by atoms with Crippen LogP contribution in [0, 0.1) is 0 Å². The second-order valence-electron chi connectivity index (χ2n) is 3.14. The maximum atomic E-state index is 5.25. The van der Waals surface area contributed by atoms with Crippen molar-refractivity contribution in [2.24, 2.45) is 0 Å². The van der Waals surface area contributed by atoms with Gasteiger partial charge in [-0.1, -0.05) is 0 Å². The average molecular weight is 194 g/mol. The van der Waals surface area contributed by atoms with E-state index in [1.807, 2.05) is 0 Å². The number of ether oxygens (including phenoxy) is 1. The Balaban J connectivity index is 1.76. The van der Waals surface area contributed by atoms with Gasteiger partial charge >= 0.3 is 0 Å². The van der Waals surface area contributed by atoms with Gasteiger partial charge in [0.25, 0.3) is 0 Å². The third-order valence-electron chi connectivity index (χ3n) is 2.13. The Hall–Kier alpha value is -1.20. The van der Waals surface area contributed by atoms with Crippen LogP contribution in [0.25, 0.3) is 0 Å². The van der Waals surface area contributed by atoms with Gasteiger partial charge in [0.15, 0.2) is 0 Å². The highest BCUT2D eigenvalue weighted by atomic mass is 16.5. The molecule has 0 amide bonds. The smallest absolute Gasteiger partial charge is 0.223 e. The Morgan fingerprint density at radius 2 is 2.00 bits per heavy atom. The number of morpholine rings is 1. The van der Waals surface area contributed by atoms with Crippen LogP contribution in [0.3, 0.4) is 0 Å². The summed E-state index contributed by atoms with van der Waals surface area (Å²) in [5.41, 5.74) is 0. The molecule has 0 radical (unpaired) electrons. The second kappa shape index (κ2) is 4.88. The molecular formula is C9H14N4O. The lowest BCUT2D eigenvalue weighted by Crippen LogP contribution is -2.39. The van der Waals surface area contributed by atoms with E-state index in [9.17, 15) is 0 Å². The molecule has 76 valence electrons. The predicted molar refractivity (Wildman–Crippen MR) is 52.9 cm³/mol. The molecule has 0 spiro atoms. The van der Waals surface area contributed by atoms with Gasteiger partial charge in [0.1, 0.15) is 0 Å². The quantitative estimate of drug-likeness (QED) is 0.743. The largest absolute Gasteiger partial charge is 0.379 e. The molecule has 1 aromatic rings. The topological polar surface area (TPSA) is 50.3 Å². The fourth-order valence-electron chi connectivity index (χ4n) is 1.33. The van der Waals surface area contributed by atoms with Crippen molar-refractivity contribution in [3.63, 3.8) is 0 Å². The first-order valence-electron chi connectivity index (χ1n) is 4.76. The van der Waals surface area contributed by atoms with Crippen LogP contribution in [0.1, 0.15) is 0 Å². The van der Waals surface area contributed by atoms with Crippen molar-refractivity contribution in [3.05, 3.63) is 18.5 Å². The van der Waals surface area contributed by atoms with Gasteiger partial charge in [-0.3, -0.25) is 4.90 Å². The number of anilines is 1. The van der Waals surface area contributed by atoms with Gasteiger partial charge in [-0.05, 0) is 6.07 Å². The van der Waals surface area contributed by atoms with Crippen molar-refractivity contribution in [1.29, 1.82) is 0 Å². The van der Waals surface area contributed by atoms with E-state index in [-0.39, 0.29) is 0 Å². The van der Waals surface area contributed by atoms with Crippen LogP contribution in [0.15, 0.2) is 18.5 Å². The van der Waals surface area contributed by atoms with Gasteiger partial charge in [0.2, 0.25) is 5.95 Å². The molecule has 0 aromatic carbocycles. The van der Waals surface area contributed by atoms with Gasteiger partial charge in [0.05, 0.1) is 19.9 Å². The first kappa shape index (κ1) is 9.36. The first-order chi connectivity index (χ1) is 6.95. The number of aromatic nitrogens is 2. The molecule has 1 aliphatic heterocycles. The second-order valence-corrected chi connectivity index (χ2v) is 3.14. The van der Waals surface area contributed by atoms with E-state index >= 15 is 0 Å². The Kier molecular flexibility index (Phi) is 3.26. The molecule has 1 aliphatic rings. The zero-order valence-electron chi connectivity index (χ0n) is 8.02. The zero-order chi connectivity index (χ0) is 9.64. The van der Waals surface area contributed by atoms with Crippen LogP contribution in [0.4, 0.5) is 5.95 Å². The standard InChI is InChI=1S/C9H14N4O/c1-2-10-9(11-3-1)12-8-13-4-6-14-7-5-13/h1-3H,4-8H2,(H,10,11,12). The molecular weight excluding hydrogens is 180 g/mol. The minimum absolute atomic E-state index is 0.680. The van der Waals surface area contributed by atoms with Crippen molar-refractivity contribution in [2.75, 3.05) is 38.3 Å². The Bertz CT molecular complexity index is 261. The maximum absolute atomic E-state index is 5.25. The maximum Gasteiger partial charge on any atom is 0.223 e. The SMILES string of the molecule is c1cnc(NCN2CCOCC2)nc1. The van der Waals surface area contributed by atoms with E-state index in [1.54, 1.807) is 18.5 Å². The summed E-state index contributed by atoms with van der Waals surface area (Å²) in [6.45, 7) is 4.36. The molecule has 0 unspecified atom stereocenters. The zero-order valence-corrected chi connectivity index (χ0v) is 8.02. The van der Waals surface area contributed by atoms with Crippen molar-refractivity contribution in [1.82, 2.24) is 14.9 Å². The van der Waals surface area contributed by atoms with Gasteiger partial charge < -0.3 is 10.1 Å². The predicted octanol–water partition coefficient (Wildman–Crippen LogP) is 0.178. The summed E-state index contributed by atoms with van der Waals surface area (Å²) >= 11 is 0. The molecule has 5 heteroatoms. The number of rotatable bonds is 3. The molecule has 0 aliphatic carbocycles. The van der Waals surface area contributed by atoms with Crippen LogP contribution in [0.2, 0.25) is 0 Å². The lowest BCUT2D eigenvalue weighted by molar-refractivity contribution is 0.0414. The minimum atomic E-state index is 0.680. The molecule has 1 fully saturated rings. The van der Waals surface area contributed by atoms with E-state index in [2.05, 4.69) is 20.2 Å². The lowest BCUT2D eigenvalue weighted by atomic mass is 10.4. The lowest BCUT2D eigenvalue weighted by Gasteiger charge is -2.26. The average Bonchev–Trinajstić information content (AvgIpc) is 2.29. The molecule has 1 saturated heterocycles. The Morgan fingerprint density at radius 1 is 1.29 bits per heavy atom. The van der Waals surface area contributed by atoms with E-state index < -0.39 is 0 Å². The third-order valence-corrected chi connectivity index (χ3v) is 2.13. The molecule has 14 heavy (non-hydrogen) atoms. The van der Waals surface area contributed by atoms with E-state index in [0.717, 1.165) is 33.0 Å². The minimum Gasteiger partial charge on any atom is -0.379 e. The number of hydrogen-bond donors (Lipinski definition) is 1. The van der Waals surface area contributed by atoms with Crippen LogP contribution < -0.4 is 5.32 Å². The molecule has 5 nitrogen and oxygen atoms in total. The number of nitrogens with one attached hydrogen (secondary N) is 1. The summed E-state index contributed by atoms with van der Waals surface area (Å²) in [6.07, 6.45) is 3.46. The summed E-state index contributed by atoms with van der Waals surface area (Å²) in [4.78, 5) is 10.4. The van der Waals surface area contributed by atoms with Crippen molar-refractivity contribution in [2.45, 2.75) is 0 Å². The van der Waals surface area contributed by atoms with Crippen molar-refractivity contribution >= 4 is 5.95 Å². The molecule has 1 aromatic heterocycles. The summed E-state index contributed by atoms with van der Waals surface area (Å²) < 4.78 is 5.25. The van der Waals surface area contributed by atoms with E-state index in [0.29, 0.717) is 5.95 Å². The molecule has 0 saturated carbocycles. The van der Waals surface area contributed by atoms with E-state index in [1.165, 1.54) is 0 Å². The summed E-state index contributed by atoms with van der Waals surface area (Å²) in [5.74, 6) is 0.680.